The minimum absolute atomic E-state index is 0.0837. The molecule has 9 aromatic rings. The summed E-state index contributed by atoms with van der Waals surface area (Å²) < 4.78 is 0. The summed E-state index contributed by atoms with van der Waals surface area (Å²) >= 11 is 0. The molecule has 3 aliphatic rings. The second-order valence-corrected chi connectivity index (χ2v) is 18.5. The van der Waals surface area contributed by atoms with E-state index in [0.717, 1.165) is 17.1 Å². The summed E-state index contributed by atoms with van der Waals surface area (Å²) in [5.74, 6) is 0. The molecule has 0 saturated carbocycles. The van der Waals surface area contributed by atoms with Crippen LogP contribution in [0.1, 0.15) is 72.2 Å². The van der Waals surface area contributed by atoms with Gasteiger partial charge in [-0.3, -0.25) is 0 Å². The Morgan fingerprint density at radius 1 is 0.258 bits per heavy atom. The van der Waals surface area contributed by atoms with E-state index in [0.29, 0.717) is 0 Å². The van der Waals surface area contributed by atoms with Gasteiger partial charge in [0.1, 0.15) is 0 Å². The first-order valence-electron chi connectivity index (χ1n) is 22.0. The van der Waals surface area contributed by atoms with E-state index in [1.165, 1.54) is 89.0 Å². The minimum atomic E-state index is -0.409. The first-order chi connectivity index (χ1) is 30.3. The normalized spacial score (nSPS) is 15.2. The number of hydrogen-bond donors (Lipinski definition) is 0. The Morgan fingerprint density at radius 3 is 1.35 bits per heavy atom. The predicted octanol–water partition coefficient (Wildman–Crippen LogP) is 15.8. The van der Waals surface area contributed by atoms with Crippen LogP contribution in [0.4, 0.5) is 17.1 Å². The lowest BCUT2D eigenvalue weighted by atomic mass is 9.55. The molecule has 0 aromatic heterocycles. The second kappa shape index (κ2) is 13.4. The molecule has 0 saturated heterocycles. The summed E-state index contributed by atoms with van der Waals surface area (Å²) in [6.07, 6.45) is 0. The van der Waals surface area contributed by atoms with Gasteiger partial charge in [-0.05, 0) is 131 Å². The van der Waals surface area contributed by atoms with Gasteiger partial charge in [-0.25, -0.2) is 0 Å². The molecule has 0 aliphatic heterocycles. The molecule has 0 radical (unpaired) electrons. The van der Waals surface area contributed by atoms with Crippen molar-refractivity contribution in [3.8, 4) is 44.5 Å². The third-order valence-electron chi connectivity index (χ3n) is 14.5. The maximum Gasteiger partial charge on any atom is 0.0719 e. The zero-order valence-corrected chi connectivity index (χ0v) is 35.7. The molecule has 62 heavy (non-hydrogen) atoms. The number of hydrogen-bond acceptors (Lipinski definition) is 1. The summed E-state index contributed by atoms with van der Waals surface area (Å²) in [7, 11) is 0. The highest BCUT2D eigenvalue weighted by molar-refractivity contribution is 5.91. The summed E-state index contributed by atoms with van der Waals surface area (Å²) in [6, 6.07) is 79.5. The number of para-hydroxylation sites is 1. The fourth-order valence-electron chi connectivity index (χ4n) is 11.6. The van der Waals surface area contributed by atoms with Gasteiger partial charge in [0.2, 0.25) is 0 Å². The lowest BCUT2D eigenvalue weighted by Gasteiger charge is -2.46. The Labute approximate surface area is 365 Å². The van der Waals surface area contributed by atoms with Crippen molar-refractivity contribution >= 4 is 17.1 Å². The number of benzene rings is 9. The van der Waals surface area contributed by atoms with Crippen molar-refractivity contribution in [3.05, 3.63) is 257 Å². The van der Waals surface area contributed by atoms with Gasteiger partial charge in [-0.1, -0.05) is 198 Å². The van der Waals surface area contributed by atoms with Gasteiger partial charge in [0.25, 0.3) is 0 Å². The lowest BCUT2D eigenvalue weighted by Crippen LogP contribution is -2.40. The molecule has 0 atom stereocenters. The van der Waals surface area contributed by atoms with Gasteiger partial charge in [0.05, 0.1) is 5.41 Å². The quantitative estimate of drug-likeness (QED) is 0.168. The molecule has 0 N–H and O–H groups in total. The molecule has 9 aromatic carbocycles. The van der Waals surface area contributed by atoms with Crippen molar-refractivity contribution in [1.29, 1.82) is 0 Å². The third kappa shape index (κ3) is 5.09. The van der Waals surface area contributed by atoms with E-state index in [2.05, 4.69) is 245 Å². The predicted molar refractivity (Wildman–Crippen MR) is 259 cm³/mol. The Hall–Kier alpha value is -7.22. The van der Waals surface area contributed by atoms with Crippen molar-refractivity contribution in [1.82, 2.24) is 0 Å². The van der Waals surface area contributed by atoms with E-state index in [4.69, 9.17) is 0 Å². The zero-order valence-electron chi connectivity index (χ0n) is 35.7. The van der Waals surface area contributed by atoms with Crippen molar-refractivity contribution in [2.24, 2.45) is 0 Å². The number of nitrogens with zero attached hydrogens (tertiary/aromatic N) is 1. The fraction of sp³-hybridized carbons (Fsp3) is 0.115. The van der Waals surface area contributed by atoms with E-state index in [1.807, 2.05) is 0 Å². The van der Waals surface area contributed by atoms with Crippen LogP contribution < -0.4 is 4.90 Å². The van der Waals surface area contributed by atoms with Crippen LogP contribution in [0.3, 0.4) is 0 Å². The third-order valence-corrected chi connectivity index (χ3v) is 14.5. The molecular formula is C61H47N. The second-order valence-electron chi connectivity index (χ2n) is 18.5. The van der Waals surface area contributed by atoms with E-state index < -0.39 is 5.41 Å². The van der Waals surface area contributed by atoms with E-state index in [9.17, 15) is 0 Å². The number of fused-ring (bicyclic) bond motifs is 12. The average molecular weight is 794 g/mol. The Kier molecular flexibility index (Phi) is 7.91. The van der Waals surface area contributed by atoms with Crippen LogP contribution in [0.25, 0.3) is 44.5 Å². The summed E-state index contributed by atoms with van der Waals surface area (Å²) in [4.78, 5) is 2.40. The first kappa shape index (κ1) is 36.6. The van der Waals surface area contributed by atoms with Crippen LogP contribution >= 0.6 is 0 Å². The molecule has 1 heteroatoms. The highest BCUT2D eigenvalue weighted by Crippen LogP contribution is 2.62. The monoisotopic (exact) mass is 793 g/mol. The lowest BCUT2D eigenvalue weighted by molar-refractivity contribution is 0.563. The molecule has 1 nitrogen and oxygen atoms in total. The molecule has 1 spiro atoms. The maximum atomic E-state index is 2.49. The van der Waals surface area contributed by atoms with Crippen LogP contribution in [-0.2, 0) is 16.2 Å². The molecule has 296 valence electrons. The largest absolute Gasteiger partial charge is 0.310 e. The Bertz CT molecular complexity index is 3190. The molecule has 12 rings (SSSR count). The smallest absolute Gasteiger partial charge is 0.0719 e. The molecule has 0 bridgehead atoms. The van der Waals surface area contributed by atoms with Gasteiger partial charge in [-0.15, -0.1) is 0 Å². The van der Waals surface area contributed by atoms with Gasteiger partial charge >= 0.3 is 0 Å². The van der Waals surface area contributed by atoms with Gasteiger partial charge < -0.3 is 4.90 Å². The zero-order chi connectivity index (χ0) is 41.8. The van der Waals surface area contributed by atoms with Gasteiger partial charge in [0.15, 0.2) is 0 Å². The van der Waals surface area contributed by atoms with Crippen molar-refractivity contribution < 1.29 is 0 Å². The van der Waals surface area contributed by atoms with Crippen LogP contribution in [0.15, 0.2) is 212 Å². The molecule has 0 heterocycles. The maximum absolute atomic E-state index is 2.49. The van der Waals surface area contributed by atoms with Crippen LogP contribution in [0, 0.1) is 0 Å². The Morgan fingerprint density at radius 2 is 0.694 bits per heavy atom. The van der Waals surface area contributed by atoms with Crippen molar-refractivity contribution in [3.63, 3.8) is 0 Å². The van der Waals surface area contributed by atoms with E-state index in [1.54, 1.807) is 0 Å². The average Bonchev–Trinajstić information content (AvgIpc) is 3.74. The molecule has 0 amide bonds. The summed E-state index contributed by atoms with van der Waals surface area (Å²) in [5, 5.41) is 0. The highest BCUT2D eigenvalue weighted by atomic mass is 15.1. The number of rotatable bonds is 5. The molecule has 0 fully saturated rings. The first-order valence-corrected chi connectivity index (χ1v) is 22.0. The minimum Gasteiger partial charge on any atom is -0.310 e. The molecule has 3 aliphatic carbocycles. The van der Waals surface area contributed by atoms with Crippen LogP contribution in [0.2, 0.25) is 0 Å². The van der Waals surface area contributed by atoms with E-state index in [-0.39, 0.29) is 10.8 Å². The summed E-state index contributed by atoms with van der Waals surface area (Å²) in [5.41, 5.74) is 24.0. The van der Waals surface area contributed by atoms with E-state index >= 15 is 0 Å². The topological polar surface area (TPSA) is 3.24 Å². The number of anilines is 3. The van der Waals surface area contributed by atoms with Crippen LogP contribution in [0.5, 0.6) is 0 Å². The fourth-order valence-corrected chi connectivity index (χ4v) is 11.6. The molecular weight excluding hydrogens is 747 g/mol. The molecule has 0 unspecified atom stereocenters. The van der Waals surface area contributed by atoms with Gasteiger partial charge in [-0.2, -0.15) is 0 Å². The van der Waals surface area contributed by atoms with Crippen molar-refractivity contribution in [2.75, 3.05) is 4.90 Å². The SMILES string of the molecule is CC1(C)c2ccccc2-c2ccc(N(c3ccccc3)c3cccc(-c4ccc(-c5ccc6c(c5)C5(c7ccccc7-6)c6ccccc6C(C)(C)c6ccccc65)cc4)c3)cc21. The Balaban J connectivity index is 0.941. The highest BCUT2D eigenvalue weighted by Gasteiger charge is 2.53. The standard InChI is InChI=1S/C61H47N/c1-59(2)51-23-10-8-21-47(51)49-36-34-46(39-57(49)59)62(44-18-6-5-7-19-44)45-20-16-17-42(37-45)40-29-31-41(32-30-40)43-33-35-50-48-22-9-11-24-52(48)61(58(50)38-43)55-27-14-12-25-53(55)60(3,4)54-26-13-15-28-56(54)61/h5-39H,1-4H3. The van der Waals surface area contributed by atoms with Crippen molar-refractivity contribution in [2.45, 2.75) is 43.9 Å². The van der Waals surface area contributed by atoms with Crippen LogP contribution in [-0.4, -0.2) is 0 Å². The summed E-state index contributed by atoms with van der Waals surface area (Å²) in [6.45, 7) is 9.48. The van der Waals surface area contributed by atoms with Gasteiger partial charge in [0, 0.05) is 27.9 Å².